The van der Waals surface area contributed by atoms with Crippen molar-refractivity contribution in [2.75, 3.05) is 7.11 Å². The average molecular weight is 515 g/mol. The molecular weight excluding hydrogens is 501 g/mol. The normalized spacial score (nSPS) is 11.2. The average Bonchev–Trinajstić information content (AvgIpc) is 3.44. The number of methoxy groups -OCH3 is 1. The number of nitrogens with zero attached hydrogens (tertiary/aromatic N) is 5. The first kappa shape index (κ1) is 22.3. The third-order valence-corrected chi connectivity index (χ3v) is 6.17. The Kier molecular flexibility index (Phi) is 5.95. The maximum Gasteiger partial charge on any atom is 0.289 e. The Morgan fingerprint density at radius 2 is 1.91 bits per heavy atom. The van der Waals surface area contributed by atoms with E-state index in [2.05, 4.69) is 20.4 Å². The number of aromatic nitrogens is 5. The molecule has 0 bridgehead atoms. The number of carbonyl (C=O) groups excluding carboxylic acids is 1. The van der Waals surface area contributed by atoms with Gasteiger partial charge in [-0.05, 0) is 48.0 Å². The highest BCUT2D eigenvalue weighted by Gasteiger charge is 2.27. The van der Waals surface area contributed by atoms with Gasteiger partial charge >= 0.3 is 0 Å². The zero-order valence-corrected chi connectivity index (χ0v) is 19.8. The van der Waals surface area contributed by atoms with E-state index in [9.17, 15) is 4.79 Å². The molecule has 5 aromatic rings. The second-order valence-electron chi connectivity index (χ2n) is 7.22. The van der Waals surface area contributed by atoms with Crippen molar-refractivity contribution in [3.05, 3.63) is 86.9 Å². The molecule has 0 radical (unpaired) electrons. The van der Waals surface area contributed by atoms with E-state index in [0.29, 0.717) is 38.9 Å². The summed E-state index contributed by atoms with van der Waals surface area (Å²) in [5.74, 6) is -0.131. The van der Waals surface area contributed by atoms with Gasteiger partial charge in [-0.1, -0.05) is 40.9 Å². The number of ketones is 1. The Bertz CT molecular complexity index is 1530. The lowest BCUT2D eigenvalue weighted by Gasteiger charge is -2.10. The lowest BCUT2D eigenvalue weighted by molar-refractivity contribution is 0.100. The molecule has 0 N–H and O–H groups in total. The summed E-state index contributed by atoms with van der Waals surface area (Å²) < 4.78 is 12.7. The summed E-state index contributed by atoms with van der Waals surface area (Å²) in [6.45, 7) is 0.305. The van der Waals surface area contributed by atoms with Gasteiger partial charge in [0.2, 0.25) is 0 Å². The predicted molar refractivity (Wildman–Crippen MR) is 128 cm³/mol. The van der Waals surface area contributed by atoms with Gasteiger partial charge in [-0.3, -0.25) is 4.79 Å². The van der Waals surface area contributed by atoms with Crippen LogP contribution < -0.4 is 4.74 Å². The first-order valence-corrected chi connectivity index (χ1v) is 11.1. The van der Waals surface area contributed by atoms with Gasteiger partial charge in [0, 0.05) is 21.6 Å². The first-order chi connectivity index (χ1) is 16.5. The molecule has 0 amide bonds. The van der Waals surface area contributed by atoms with E-state index < -0.39 is 5.78 Å². The molecule has 3 aromatic heterocycles. The largest absolute Gasteiger partial charge is 0.497 e. The zero-order chi connectivity index (χ0) is 23.8. The number of halogens is 3. The van der Waals surface area contributed by atoms with Crippen LogP contribution in [0.4, 0.5) is 0 Å². The van der Waals surface area contributed by atoms with Crippen LogP contribution in [-0.4, -0.2) is 37.9 Å². The third kappa shape index (κ3) is 4.00. The molecule has 2 aromatic carbocycles. The summed E-state index contributed by atoms with van der Waals surface area (Å²) in [5, 5.41) is 17.3. The Morgan fingerprint density at radius 1 is 1.06 bits per heavy atom. The van der Waals surface area contributed by atoms with Crippen LogP contribution in [0.3, 0.4) is 0 Å². The molecule has 0 saturated carbocycles. The summed E-state index contributed by atoms with van der Waals surface area (Å²) >= 11 is 19.2. The molecular formula is C23H14Cl3N5O3. The van der Waals surface area contributed by atoms with Crippen LogP contribution in [0.25, 0.3) is 22.5 Å². The lowest BCUT2D eigenvalue weighted by atomic mass is 10.1. The van der Waals surface area contributed by atoms with E-state index in [1.165, 1.54) is 6.20 Å². The number of fused-ring (bicyclic) bond motifs is 1. The van der Waals surface area contributed by atoms with Crippen molar-refractivity contribution in [1.29, 1.82) is 0 Å². The van der Waals surface area contributed by atoms with Gasteiger partial charge in [-0.25, -0.2) is 0 Å². The molecule has 0 aliphatic carbocycles. The van der Waals surface area contributed by atoms with E-state index in [0.717, 1.165) is 5.56 Å². The fraction of sp³-hybridized carbons (Fsp3) is 0.0870. The maximum absolute atomic E-state index is 13.5. The van der Waals surface area contributed by atoms with Gasteiger partial charge in [0.15, 0.2) is 0 Å². The molecule has 170 valence electrons. The first-order valence-electron chi connectivity index (χ1n) is 9.92. The van der Waals surface area contributed by atoms with Gasteiger partial charge in [0.1, 0.15) is 16.6 Å². The van der Waals surface area contributed by atoms with E-state index in [1.807, 2.05) is 12.1 Å². The molecule has 5 rings (SSSR count). The molecule has 8 nitrogen and oxygen atoms in total. The van der Waals surface area contributed by atoms with Crippen LogP contribution in [0.2, 0.25) is 15.2 Å². The topological polar surface area (TPSA) is 95.9 Å². The molecule has 0 unspecified atom stereocenters. The van der Waals surface area contributed by atoms with Crippen molar-refractivity contribution >= 4 is 51.5 Å². The molecule has 0 spiro atoms. The van der Waals surface area contributed by atoms with E-state index in [-0.39, 0.29) is 22.5 Å². The van der Waals surface area contributed by atoms with Crippen LogP contribution in [0.5, 0.6) is 5.75 Å². The molecule has 0 fully saturated rings. The highest BCUT2D eigenvalue weighted by Crippen LogP contribution is 2.36. The lowest BCUT2D eigenvalue weighted by Crippen LogP contribution is -2.04. The van der Waals surface area contributed by atoms with Crippen molar-refractivity contribution in [3.63, 3.8) is 0 Å². The van der Waals surface area contributed by atoms with Crippen molar-refractivity contribution < 1.29 is 13.9 Å². The zero-order valence-electron chi connectivity index (χ0n) is 17.5. The predicted octanol–water partition coefficient (Wildman–Crippen LogP) is 5.73. The van der Waals surface area contributed by atoms with Crippen LogP contribution in [0.15, 0.2) is 59.1 Å². The van der Waals surface area contributed by atoms with Crippen LogP contribution in [-0.2, 0) is 6.54 Å². The van der Waals surface area contributed by atoms with Gasteiger partial charge < -0.3 is 13.7 Å². The quantitative estimate of drug-likeness (QED) is 0.267. The Hall–Kier alpha value is -3.46. The number of hydrogen-bond donors (Lipinski definition) is 0. The van der Waals surface area contributed by atoms with Gasteiger partial charge in [0.25, 0.3) is 17.6 Å². The second-order valence-corrected chi connectivity index (χ2v) is 8.42. The van der Waals surface area contributed by atoms with Crippen LogP contribution in [0.1, 0.15) is 21.8 Å². The summed E-state index contributed by atoms with van der Waals surface area (Å²) in [7, 11) is 1.54. The third-order valence-electron chi connectivity index (χ3n) is 5.19. The molecule has 0 aliphatic heterocycles. The standard InChI is InChI=1S/C23H14Cl3N5O3/c1-33-14-6-7-18-15(10-14)19(21(26)31(18)11-12-4-5-13(24)9-16(12)25)20(32)23-30-29-22(34-23)17-3-2-8-27-28-17/h2-10H,11H2,1H3. The Morgan fingerprint density at radius 3 is 2.65 bits per heavy atom. The number of ether oxygens (including phenoxy) is 1. The molecule has 0 atom stereocenters. The Balaban J connectivity index is 1.62. The molecule has 0 saturated heterocycles. The molecule has 34 heavy (non-hydrogen) atoms. The highest BCUT2D eigenvalue weighted by molar-refractivity contribution is 6.37. The fourth-order valence-electron chi connectivity index (χ4n) is 3.56. The minimum Gasteiger partial charge on any atom is -0.497 e. The summed E-state index contributed by atoms with van der Waals surface area (Å²) in [5.41, 5.74) is 2.04. The van der Waals surface area contributed by atoms with Crippen molar-refractivity contribution in [1.82, 2.24) is 25.0 Å². The summed E-state index contributed by atoms with van der Waals surface area (Å²) in [6, 6.07) is 13.9. The smallest absolute Gasteiger partial charge is 0.289 e. The minimum absolute atomic E-state index is 0.0711. The maximum atomic E-state index is 13.5. The molecule has 11 heteroatoms. The van der Waals surface area contributed by atoms with Crippen molar-refractivity contribution in [2.45, 2.75) is 6.54 Å². The summed E-state index contributed by atoms with van der Waals surface area (Å²) in [6.07, 6.45) is 1.51. The van der Waals surface area contributed by atoms with Gasteiger partial charge in [-0.2, -0.15) is 5.10 Å². The molecule has 0 aliphatic rings. The van der Waals surface area contributed by atoms with Crippen molar-refractivity contribution in [3.8, 4) is 17.3 Å². The van der Waals surface area contributed by atoms with E-state index >= 15 is 0 Å². The van der Waals surface area contributed by atoms with Crippen molar-refractivity contribution in [2.24, 2.45) is 0 Å². The molecule has 3 heterocycles. The monoisotopic (exact) mass is 513 g/mol. The Labute approximate surface area is 208 Å². The highest BCUT2D eigenvalue weighted by atomic mass is 35.5. The number of hydrogen-bond acceptors (Lipinski definition) is 7. The minimum atomic E-state index is -0.535. The van der Waals surface area contributed by atoms with Gasteiger partial charge in [-0.15, -0.1) is 15.3 Å². The number of carbonyl (C=O) groups is 1. The SMILES string of the molecule is COc1ccc2c(c1)c(C(=O)c1nnc(-c3cccnn3)o1)c(Cl)n2Cc1ccc(Cl)cc1Cl. The van der Waals surface area contributed by atoms with E-state index in [1.54, 1.807) is 48.1 Å². The number of benzene rings is 2. The van der Waals surface area contributed by atoms with E-state index in [4.69, 9.17) is 44.0 Å². The fourth-order valence-corrected chi connectivity index (χ4v) is 4.37. The van der Waals surface area contributed by atoms with Crippen LogP contribution >= 0.6 is 34.8 Å². The summed E-state index contributed by atoms with van der Waals surface area (Å²) in [4.78, 5) is 13.5. The number of rotatable bonds is 6. The van der Waals surface area contributed by atoms with Gasteiger partial charge in [0.05, 0.1) is 24.7 Å². The van der Waals surface area contributed by atoms with Crippen LogP contribution in [0, 0.1) is 0 Å². The second kappa shape index (κ2) is 9.06.